The number of fused-ring (bicyclic) bond motifs is 3. The largest absolute Gasteiger partial charge is 0.481 e. The van der Waals surface area contributed by atoms with Gasteiger partial charge in [0.05, 0.1) is 5.92 Å². The van der Waals surface area contributed by atoms with Gasteiger partial charge in [-0.15, -0.1) is 0 Å². The van der Waals surface area contributed by atoms with Crippen molar-refractivity contribution in [3.05, 3.63) is 59.7 Å². The molecule has 180 valence electrons. The number of aliphatic carboxylic acids is 1. The number of rotatable bonds is 8. The predicted molar refractivity (Wildman–Crippen MR) is 128 cm³/mol. The molecule has 1 fully saturated rings. The van der Waals surface area contributed by atoms with E-state index >= 15 is 0 Å². The Morgan fingerprint density at radius 2 is 1.56 bits per heavy atom. The van der Waals surface area contributed by atoms with Crippen LogP contribution in [0.2, 0.25) is 0 Å². The lowest BCUT2D eigenvalue weighted by molar-refractivity contribution is -0.142. The number of carbonyl (C=O) groups is 3. The number of nitrogens with one attached hydrogen (secondary N) is 2. The molecule has 7 nitrogen and oxygen atoms in total. The van der Waals surface area contributed by atoms with Crippen LogP contribution in [0.3, 0.4) is 0 Å². The molecule has 2 amide bonds. The number of amides is 2. The molecule has 1 saturated carbocycles. The maximum Gasteiger partial charge on any atom is 0.408 e. The van der Waals surface area contributed by atoms with E-state index in [9.17, 15) is 19.5 Å². The molecule has 2 aliphatic rings. The highest BCUT2D eigenvalue weighted by molar-refractivity contribution is 5.90. The lowest BCUT2D eigenvalue weighted by Crippen LogP contribution is -2.60. The third-order valence-corrected chi connectivity index (χ3v) is 7.48. The van der Waals surface area contributed by atoms with Crippen molar-refractivity contribution in [1.29, 1.82) is 0 Å². The number of carboxylic acids is 1. The number of hydrogen-bond acceptors (Lipinski definition) is 4. The number of hydrogen-bond donors (Lipinski definition) is 3. The third kappa shape index (κ3) is 4.39. The standard InChI is InChI=1S/C27H32N2O5/c1-3-27(4-2,25(32)28-23-15-9-14-21(23)24(30)31)29-26(33)34-16-22-19-12-7-5-10-17(19)18-11-6-8-13-20(18)22/h5-8,10-13,21-23H,3-4,9,14-16H2,1-2H3,(H,28,32)(H,29,33)(H,30,31)/t21-,23+/m0/s1. The van der Waals surface area contributed by atoms with Crippen LogP contribution in [0, 0.1) is 5.92 Å². The van der Waals surface area contributed by atoms with Crippen LogP contribution in [0.4, 0.5) is 4.79 Å². The Morgan fingerprint density at radius 3 is 2.12 bits per heavy atom. The van der Waals surface area contributed by atoms with Gasteiger partial charge in [-0.05, 0) is 47.9 Å². The molecular formula is C27H32N2O5. The van der Waals surface area contributed by atoms with Crippen LogP contribution in [0.15, 0.2) is 48.5 Å². The second kappa shape index (κ2) is 9.87. The summed E-state index contributed by atoms with van der Waals surface area (Å²) in [6.45, 7) is 3.82. The van der Waals surface area contributed by atoms with E-state index in [4.69, 9.17) is 4.74 Å². The van der Waals surface area contributed by atoms with Gasteiger partial charge in [-0.25, -0.2) is 4.79 Å². The smallest absolute Gasteiger partial charge is 0.408 e. The van der Waals surface area contributed by atoms with Gasteiger partial charge in [0.15, 0.2) is 0 Å². The van der Waals surface area contributed by atoms with Crippen molar-refractivity contribution in [2.24, 2.45) is 5.92 Å². The van der Waals surface area contributed by atoms with E-state index in [0.29, 0.717) is 25.7 Å². The van der Waals surface area contributed by atoms with E-state index < -0.39 is 29.6 Å². The van der Waals surface area contributed by atoms with Gasteiger partial charge in [0.1, 0.15) is 12.1 Å². The molecule has 0 unspecified atom stereocenters. The lowest BCUT2D eigenvalue weighted by Gasteiger charge is -2.33. The fraction of sp³-hybridized carbons (Fsp3) is 0.444. The summed E-state index contributed by atoms with van der Waals surface area (Å²) in [5.74, 6) is -1.92. The second-order valence-electron chi connectivity index (χ2n) is 9.20. The van der Waals surface area contributed by atoms with E-state index in [0.717, 1.165) is 28.7 Å². The molecule has 0 bridgehead atoms. The molecule has 0 spiro atoms. The molecule has 0 radical (unpaired) electrons. The van der Waals surface area contributed by atoms with E-state index in [1.54, 1.807) is 0 Å². The molecular weight excluding hydrogens is 432 g/mol. The molecule has 0 aromatic heterocycles. The summed E-state index contributed by atoms with van der Waals surface area (Å²) in [5.41, 5.74) is 3.37. The summed E-state index contributed by atoms with van der Waals surface area (Å²) < 4.78 is 5.65. The van der Waals surface area contributed by atoms with Crippen molar-refractivity contribution in [1.82, 2.24) is 10.6 Å². The molecule has 2 aromatic rings. The summed E-state index contributed by atoms with van der Waals surface area (Å²) in [6, 6.07) is 15.8. The van der Waals surface area contributed by atoms with Crippen LogP contribution in [-0.2, 0) is 14.3 Å². The first kappa shape index (κ1) is 23.8. The second-order valence-corrected chi connectivity index (χ2v) is 9.20. The molecule has 2 aliphatic carbocycles. The third-order valence-electron chi connectivity index (χ3n) is 7.48. The highest BCUT2D eigenvalue weighted by atomic mass is 16.5. The van der Waals surface area contributed by atoms with Gasteiger partial charge in [0, 0.05) is 12.0 Å². The first-order chi connectivity index (χ1) is 16.4. The van der Waals surface area contributed by atoms with E-state index in [1.165, 1.54) is 0 Å². The summed E-state index contributed by atoms with van der Waals surface area (Å²) in [4.78, 5) is 37.6. The normalized spacial score (nSPS) is 19.2. The van der Waals surface area contributed by atoms with Gasteiger partial charge in [-0.3, -0.25) is 9.59 Å². The van der Waals surface area contributed by atoms with Crippen LogP contribution >= 0.6 is 0 Å². The summed E-state index contributed by atoms with van der Waals surface area (Å²) in [7, 11) is 0. The van der Waals surface area contributed by atoms with Crippen LogP contribution < -0.4 is 10.6 Å². The van der Waals surface area contributed by atoms with Gasteiger partial charge < -0.3 is 20.5 Å². The number of ether oxygens (including phenoxy) is 1. The Kier molecular flexibility index (Phi) is 6.91. The lowest BCUT2D eigenvalue weighted by atomic mass is 9.90. The van der Waals surface area contributed by atoms with Gasteiger partial charge in [0.25, 0.3) is 0 Å². The average molecular weight is 465 g/mol. The van der Waals surface area contributed by atoms with E-state index in [2.05, 4.69) is 34.9 Å². The summed E-state index contributed by atoms with van der Waals surface area (Å²) in [6.07, 6.45) is 2.01. The van der Waals surface area contributed by atoms with Gasteiger partial charge in [-0.1, -0.05) is 68.8 Å². The molecule has 0 saturated heterocycles. The van der Waals surface area contributed by atoms with Crippen molar-refractivity contribution in [2.45, 2.75) is 63.5 Å². The first-order valence-electron chi connectivity index (χ1n) is 12.1. The first-order valence-corrected chi connectivity index (χ1v) is 12.1. The Balaban J connectivity index is 1.43. The van der Waals surface area contributed by atoms with Crippen molar-refractivity contribution in [3.63, 3.8) is 0 Å². The van der Waals surface area contributed by atoms with Crippen LogP contribution in [0.1, 0.15) is 63.0 Å². The van der Waals surface area contributed by atoms with Crippen molar-refractivity contribution in [3.8, 4) is 11.1 Å². The fourth-order valence-electron chi connectivity index (χ4n) is 5.37. The van der Waals surface area contributed by atoms with Gasteiger partial charge >= 0.3 is 12.1 Å². The minimum atomic E-state index is -1.16. The summed E-state index contributed by atoms with van der Waals surface area (Å²) in [5, 5.41) is 15.1. The van der Waals surface area contributed by atoms with E-state index in [-0.39, 0.29) is 18.4 Å². The van der Waals surface area contributed by atoms with Crippen molar-refractivity contribution in [2.75, 3.05) is 6.61 Å². The van der Waals surface area contributed by atoms with Crippen LogP contribution in [0.25, 0.3) is 11.1 Å². The van der Waals surface area contributed by atoms with E-state index in [1.807, 2.05) is 38.1 Å². The number of alkyl carbamates (subject to hydrolysis) is 1. The highest BCUT2D eigenvalue weighted by Gasteiger charge is 2.41. The topological polar surface area (TPSA) is 105 Å². The molecule has 2 aromatic carbocycles. The Bertz CT molecular complexity index is 1030. The average Bonchev–Trinajstić information content (AvgIpc) is 3.44. The van der Waals surface area contributed by atoms with Crippen molar-refractivity contribution < 1.29 is 24.2 Å². The molecule has 3 N–H and O–H groups in total. The zero-order chi connectivity index (χ0) is 24.3. The molecule has 0 aliphatic heterocycles. The Labute approximate surface area is 199 Å². The molecule has 0 heterocycles. The number of carboxylic acid groups (broad SMARTS) is 1. The molecule has 34 heavy (non-hydrogen) atoms. The molecule has 4 rings (SSSR count). The molecule has 2 atom stereocenters. The SMILES string of the molecule is CCC(CC)(NC(=O)OCC1c2ccccc2-c2ccccc21)C(=O)N[C@@H]1CCC[C@@H]1C(=O)O. The fourth-order valence-corrected chi connectivity index (χ4v) is 5.37. The maximum absolute atomic E-state index is 13.2. The minimum Gasteiger partial charge on any atom is -0.481 e. The van der Waals surface area contributed by atoms with Crippen LogP contribution in [0.5, 0.6) is 0 Å². The number of carbonyl (C=O) groups excluding carboxylic acids is 2. The maximum atomic E-state index is 13.2. The van der Waals surface area contributed by atoms with Gasteiger partial charge in [0.2, 0.25) is 5.91 Å². The van der Waals surface area contributed by atoms with Crippen LogP contribution in [-0.4, -0.2) is 41.3 Å². The minimum absolute atomic E-state index is 0.0700. The zero-order valence-corrected chi connectivity index (χ0v) is 19.7. The zero-order valence-electron chi connectivity index (χ0n) is 19.7. The van der Waals surface area contributed by atoms with Gasteiger partial charge in [-0.2, -0.15) is 0 Å². The highest BCUT2D eigenvalue weighted by Crippen LogP contribution is 2.44. The molecule has 7 heteroatoms. The Morgan fingerprint density at radius 1 is 0.971 bits per heavy atom. The number of benzene rings is 2. The van der Waals surface area contributed by atoms with Crippen molar-refractivity contribution >= 4 is 18.0 Å². The quantitative estimate of drug-likeness (QED) is 0.535. The summed E-state index contributed by atoms with van der Waals surface area (Å²) >= 11 is 0. The Hall–Kier alpha value is -3.35. The predicted octanol–water partition coefficient (Wildman–Crippen LogP) is 4.45. The monoisotopic (exact) mass is 464 g/mol.